The fraction of sp³-hybridized carbons (Fsp3) is 0.857. The van der Waals surface area contributed by atoms with Crippen molar-refractivity contribution >= 4 is 11.9 Å². The van der Waals surface area contributed by atoms with E-state index in [9.17, 15) is 9.59 Å². The Morgan fingerprint density at radius 3 is 2.17 bits per heavy atom. The third-order valence-corrected chi connectivity index (χ3v) is 2.97. The summed E-state index contributed by atoms with van der Waals surface area (Å²) in [6.45, 7) is 12.4. The molecule has 0 saturated heterocycles. The zero-order chi connectivity index (χ0) is 14.3. The molecular formula is C14H27NO3. The minimum atomic E-state index is -0.749. The average Bonchev–Trinajstić information content (AvgIpc) is 2.24. The van der Waals surface area contributed by atoms with Crippen molar-refractivity contribution in [1.29, 1.82) is 0 Å². The van der Waals surface area contributed by atoms with E-state index in [1.54, 1.807) is 6.92 Å². The summed E-state index contributed by atoms with van der Waals surface area (Å²) in [5.41, 5.74) is -0.439. The van der Waals surface area contributed by atoms with Gasteiger partial charge in [0.1, 0.15) is 5.92 Å². The Labute approximate surface area is 110 Å². The van der Waals surface area contributed by atoms with E-state index < -0.39 is 17.3 Å². The first-order valence-corrected chi connectivity index (χ1v) is 6.68. The first-order valence-electron chi connectivity index (χ1n) is 6.68. The highest BCUT2D eigenvalue weighted by molar-refractivity contribution is 5.98. The van der Waals surface area contributed by atoms with Gasteiger partial charge in [0.05, 0.1) is 6.61 Å². The number of nitrogens with one attached hydrogen (secondary N) is 1. The van der Waals surface area contributed by atoms with Gasteiger partial charge >= 0.3 is 5.97 Å². The van der Waals surface area contributed by atoms with Crippen molar-refractivity contribution in [2.24, 2.45) is 17.3 Å². The van der Waals surface area contributed by atoms with Gasteiger partial charge in [-0.3, -0.25) is 9.59 Å². The molecular weight excluding hydrogens is 230 g/mol. The molecule has 2 atom stereocenters. The van der Waals surface area contributed by atoms with Crippen LogP contribution in [0.5, 0.6) is 0 Å². The van der Waals surface area contributed by atoms with Crippen LogP contribution in [0.25, 0.3) is 0 Å². The number of carbonyl (C=O) groups is 2. The highest BCUT2D eigenvalue weighted by Gasteiger charge is 2.38. The summed E-state index contributed by atoms with van der Waals surface area (Å²) in [7, 11) is 0. The second-order valence-corrected chi connectivity index (χ2v) is 5.81. The van der Waals surface area contributed by atoms with E-state index in [-0.39, 0.29) is 5.91 Å². The first-order chi connectivity index (χ1) is 8.23. The molecule has 0 radical (unpaired) electrons. The van der Waals surface area contributed by atoms with Crippen LogP contribution in [-0.4, -0.2) is 25.0 Å². The van der Waals surface area contributed by atoms with Crippen LogP contribution in [0, 0.1) is 17.3 Å². The van der Waals surface area contributed by atoms with E-state index >= 15 is 0 Å². The average molecular weight is 257 g/mol. The molecule has 0 heterocycles. The topological polar surface area (TPSA) is 55.4 Å². The van der Waals surface area contributed by atoms with E-state index in [0.29, 0.717) is 19.1 Å². The van der Waals surface area contributed by atoms with Gasteiger partial charge in [-0.15, -0.1) is 0 Å². The van der Waals surface area contributed by atoms with Gasteiger partial charge in [-0.25, -0.2) is 0 Å². The predicted molar refractivity (Wildman–Crippen MR) is 72.0 cm³/mol. The van der Waals surface area contributed by atoms with Gasteiger partial charge < -0.3 is 10.1 Å². The summed E-state index contributed by atoms with van der Waals surface area (Å²) in [6, 6.07) is 0. The number of ether oxygens (including phenoxy) is 1. The van der Waals surface area contributed by atoms with Crippen molar-refractivity contribution in [2.75, 3.05) is 13.2 Å². The lowest BCUT2D eigenvalue weighted by atomic mass is 9.80. The van der Waals surface area contributed by atoms with Crippen molar-refractivity contribution in [3.63, 3.8) is 0 Å². The largest absolute Gasteiger partial charge is 0.465 e. The number of esters is 1. The van der Waals surface area contributed by atoms with E-state index in [1.165, 1.54) is 0 Å². The maximum atomic E-state index is 12.1. The monoisotopic (exact) mass is 257 g/mol. The van der Waals surface area contributed by atoms with Crippen molar-refractivity contribution in [1.82, 2.24) is 5.32 Å². The Morgan fingerprint density at radius 2 is 1.78 bits per heavy atom. The fourth-order valence-corrected chi connectivity index (χ4v) is 1.60. The Bertz CT molecular complexity index is 281. The van der Waals surface area contributed by atoms with Gasteiger partial charge in [-0.1, -0.05) is 41.0 Å². The smallest absolute Gasteiger partial charge is 0.319 e. The summed E-state index contributed by atoms with van der Waals surface area (Å²) in [5, 5.41) is 2.84. The minimum absolute atomic E-state index is 0.235. The molecule has 0 spiro atoms. The van der Waals surface area contributed by atoms with Crippen LogP contribution in [-0.2, 0) is 14.3 Å². The van der Waals surface area contributed by atoms with Gasteiger partial charge in [0, 0.05) is 6.54 Å². The molecule has 0 bridgehead atoms. The summed E-state index contributed by atoms with van der Waals surface area (Å²) in [4.78, 5) is 24.0. The van der Waals surface area contributed by atoms with E-state index in [1.807, 2.05) is 20.8 Å². The maximum absolute atomic E-state index is 12.1. The van der Waals surface area contributed by atoms with Gasteiger partial charge in [-0.05, 0) is 18.3 Å². The molecule has 1 N–H and O–H groups in total. The summed E-state index contributed by atoms with van der Waals surface area (Å²) in [5.74, 6) is -1.01. The normalized spacial score (nSPS) is 14.8. The minimum Gasteiger partial charge on any atom is -0.465 e. The van der Waals surface area contributed by atoms with Crippen LogP contribution in [0.15, 0.2) is 0 Å². The van der Waals surface area contributed by atoms with Crippen LogP contribution < -0.4 is 5.32 Å². The number of hydrogen-bond donors (Lipinski definition) is 1. The van der Waals surface area contributed by atoms with Crippen molar-refractivity contribution in [2.45, 2.75) is 48.0 Å². The molecule has 0 aromatic rings. The molecule has 106 valence electrons. The lowest BCUT2D eigenvalue weighted by molar-refractivity contribution is -0.156. The highest BCUT2D eigenvalue weighted by Crippen LogP contribution is 2.27. The third-order valence-electron chi connectivity index (χ3n) is 2.97. The maximum Gasteiger partial charge on any atom is 0.319 e. The zero-order valence-corrected chi connectivity index (χ0v) is 12.5. The Kier molecular flexibility index (Phi) is 6.96. The van der Waals surface area contributed by atoms with Crippen LogP contribution in [0.3, 0.4) is 0 Å². The quantitative estimate of drug-likeness (QED) is 0.587. The Morgan fingerprint density at radius 1 is 1.22 bits per heavy atom. The highest BCUT2D eigenvalue weighted by atomic mass is 16.5. The van der Waals surface area contributed by atoms with Crippen LogP contribution in [0.2, 0.25) is 0 Å². The molecule has 1 amide bonds. The van der Waals surface area contributed by atoms with Gasteiger partial charge in [0.15, 0.2) is 0 Å². The molecule has 4 nitrogen and oxygen atoms in total. The molecule has 0 fully saturated rings. The number of amides is 1. The number of rotatable bonds is 6. The SMILES string of the molecule is CCOC(=O)C(C(=O)NCC(C)CC)C(C)(C)C. The Hall–Kier alpha value is -1.06. The first kappa shape index (κ1) is 16.9. The third kappa shape index (κ3) is 5.52. The number of hydrogen-bond acceptors (Lipinski definition) is 3. The van der Waals surface area contributed by atoms with Gasteiger partial charge in [0.2, 0.25) is 5.91 Å². The lowest BCUT2D eigenvalue weighted by Crippen LogP contribution is -2.44. The van der Waals surface area contributed by atoms with Crippen molar-refractivity contribution in [3.8, 4) is 0 Å². The predicted octanol–water partition coefficient (Wildman–Crippen LogP) is 2.37. The molecule has 4 heteroatoms. The molecule has 0 rings (SSSR count). The molecule has 0 aliphatic rings. The summed E-state index contributed by atoms with van der Waals surface area (Å²) in [6.07, 6.45) is 1.000. The zero-order valence-electron chi connectivity index (χ0n) is 12.5. The lowest BCUT2D eigenvalue weighted by Gasteiger charge is -2.28. The van der Waals surface area contributed by atoms with E-state index in [2.05, 4.69) is 19.2 Å². The molecule has 0 aliphatic heterocycles. The van der Waals surface area contributed by atoms with Gasteiger partial charge in [0.25, 0.3) is 0 Å². The van der Waals surface area contributed by atoms with Gasteiger partial charge in [-0.2, -0.15) is 0 Å². The van der Waals surface area contributed by atoms with Crippen molar-refractivity contribution in [3.05, 3.63) is 0 Å². The summed E-state index contributed by atoms with van der Waals surface area (Å²) >= 11 is 0. The van der Waals surface area contributed by atoms with Crippen molar-refractivity contribution < 1.29 is 14.3 Å². The van der Waals surface area contributed by atoms with E-state index in [4.69, 9.17) is 4.74 Å². The van der Waals surface area contributed by atoms with E-state index in [0.717, 1.165) is 6.42 Å². The van der Waals surface area contributed by atoms with Crippen LogP contribution in [0.1, 0.15) is 48.0 Å². The second kappa shape index (κ2) is 7.39. The second-order valence-electron chi connectivity index (χ2n) is 5.81. The molecule has 0 saturated carbocycles. The Balaban J connectivity index is 4.67. The number of carbonyl (C=O) groups excluding carboxylic acids is 2. The van der Waals surface area contributed by atoms with Crippen LogP contribution in [0.4, 0.5) is 0 Å². The standard InChI is InChI=1S/C14H27NO3/c1-7-10(3)9-15-12(16)11(14(4,5)6)13(17)18-8-2/h10-11H,7-9H2,1-6H3,(H,15,16). The molecule has 0 aliphatic carbocycles. The molecule has 18 heavy (non-hydrogen) atoms. The fourth-order valence-electron chi connectivity index (χ4n) is 1.60. The van der Waals surface area contributed by atoms with Crippen LogP contribution >= 0.6 is 0 Å². The summed E-state index contributed by atoms with van der Waals surface area (Å²) < 4.78 is 4.99. The molecule has 0 aromatic heterocycles. The molecule has 0 aromatic carbocycles. The molecule has 2 unspecified atom stereocenters.